The smallest absolute Gasteiger partial charge is 0.219 e. The summed E-state index contributed by atoms with van der Waals surface area (Å²) >= 11 is 0. The molecule has 0 aliphatic heterocycles. The van der Waals surface area contributed by atoms with E-state index in [-0.39, 0.29) is 11.9 Å². The SMILES string of the molecule is CCOCCC(NC(=O)CC)C(C)C. The Morgan fingerprint density at radius 1 is 1.36 bits per heavy atom. The molecule has 1 N–H and O–H groups in total. The van der Waals surface area contributed by atoms with Gasteiger partial charge in [-0.05, 0) is 19.3 Å². The molecule has 1 unspecified atom stereocenters. The Hall–Kier alpha value is -0.570. The minimum Gasteiger partial charge on any atom is -0.382 e. The van der Waals surface area contributed by atoms with E-state index in [1.807, 2.05) is 13.8 Å². The van der Waals surface area contributed by atoms with Crippen LogP contribution < -0.4 is 5.32 Å². The van der Waals surface area contributed by atoms with E-state index < -0.39 is 0 Å². The van der Waals surface area contributed by atoms with E-state index in [0.29, 0.717) is 12.3 Å². The van der Waals surface area contributed by atoms with Crippen LogP contribution in [0.5, 0.6) is 0 Å². The zero-order valence-corrected chi connectivity index (χ0v) is 9.80. The number of ether oxygens (including phenoxy) is 1. The highest BCUT2D eigenvalue weighted by molar-refractivity contribution is 5.75. The number of carbonyl (C=O) groups is 1. The summed E-state index contributed by atoms with van der Waals surface area (Å²) in [6.45, 7) is 9.55. The number of nitrogens with one attached hydrogen (secondary N) is 1. The number of hydrogen-bond donors (Lipinski definition) is 1. The van der Waals surface area contributed by atoms with Crippen LogP contribution in [0.1, 0.15) is 40.5 Å². The summed E-state index contributed by atoms with van der Waals surface area (Å²) < 4.78 is 5.28. The molecule has 0 saturated carbocycles. The van der Waals surface area contributed by atoms with Crippen molar-refractivity contribution in [1.29, 1.82) is 0 Å². The second-order valence-corrected chi connectivity index (χ2v) is 3.76. The van der Waals surface area contributed by atoms with Gasteiger partial charge in [0.15, 0.2) is 0 Å². The maximum atomic E-state index is 11.2. The van der Waals surface area contributed by atoms with Crippen molar-refractivity contribution in [2.24, 2.45) is 5.92 Å². The molecule has 0 aliphatic carbocycles. The predicted octanol–water partition coefficient (Wildman–Crippen LogP) is 1.96. The fraction of sp³-hybridized carbons (Fsp3) is 0.909. The van der Waals surface area contributed by atoms with Gasteiger partial charge in [0.25, 0.3) is 0 Å². The quantitative estimate of drug-likeness (QED) is 0.639. The summed E-state index contributed by atoms with van der Waals surface area (Å²) in [4.78, 5) is 11.2. The molecule has 0 heterocycles. The monoisotopic (exact) mass is 201 g/mol. The maximum absolute atomic E-state index is 11.2. The van der Waals surface area contributed by atoms with Crippen LogP contribution in [0.25, 0.3) is 0 Å². The van der Waals surface area contributed by atoms with Crippen molar-refractivity contribution in [2.75, 3.05) is 13.2 Å². The Bertz CT molecular complexity index is 157. The van der Waals surface area contributed by atoms with Crippen molar-refractivity contribution in [3.05, 3.63) is 0 Å². The highest BCUT2D eigenvalue weighted by atomic mass is 16.5. The molecule has 14 heavy (non-hydrogen) atoms. The predicted molar refractivity (Wildman–Crippen MR) is 58.2 cm³/mol. The van der Waals surface area contributed by atoms with Gasteiger partial charge in [-0.25, -0.2) is 0 Å². The van der Waals surface area contributed by atoms with Crippen LogP contribution >= 0.6 is 0 Å². The topological polar surface area (TPSA) is 38.3 Å². The number of carbonyl (C=O) groups excluding carboxylic acids is 1. The normalized spacial score (nSPS) is 12.9. The lowest BCUT2D eigenvalue weighted by Gasteiger charge is -2.21. The van der Waals surface area contributed by atoms with Crippen molar-refractivity contribution in [3.8, 4) is 0 Å². The van der Waals surface area contributed by atoms with Crippen LogP contribution in [-0.4, -0.2) is 25.2 Å². The molecule has 3 nitrogen and oxygen atoms in total. The molecule has 84 valence electrons. The molecule has 0 aromatic heterocycles. The van der Waals surface area contributed by atoms with Crippen molar-refractivity contribution in [2.45, 2.75) is 46.6 Å². The molecule has 3 heteroatoms. The Balaban J connectivity index is 3.83. The lowest BCUT2D eigenvalue weighted by atomic mass is 10.0. The lowest BCUT2D eigenvalue weighted by Crippen LogP contribution is -2.38. The van der Waals surface area contributed by atoms with Crippen molar-refractivity contribution < 1.29 is 9.53 Å². The summed E-state index contributed by atoms with van der Waals surface area (Å²) in [5, 5.41) is 3.01. The molecule has 1 atom stereocenters. The first kappa shape index (κ1) is 13.4. The molecule has 0 radical (unpaired) electrons. The van der Waals surface area contributed by atoms with Gasteiger partial charge in [0, 0.05) is 25.7 Å². The second-order valence-electron chi connectivity index (χ2n) is 3.76. The molecular formula is C11H23NO2. The molecule has 0 saturated heterocycles. The standard InChI is InChI=1S/C11H23NO2/c1-5-11(13)12-10(9(3)4)7-8-14-6-2/h9-10H,5-8H2,1-4H3,(H,12,13). The van der Waals surface area contributed by atoms with Gasteiger partial charge in [0.2, 0.25) is 5.91 Å². The Kier molecular flexibility index (Phi) is 7.48. The van der Waals surface area contributed by atoms with Crippen molar-refractivity contribution >= 4 is 5.91 Å². The average molecular weight is 201 g/mol. The fourth-order valence-corrected chi connectivity index (χ4v) is 1.24. The third-order valence-corrected chi connectivity index (χ3v) is 2.25. The van der Waals surface area contributed by atoms with Crippen molar-refractivity contribution in [3.63, 3.8) is 0 Å². The van der Waals surface area contributed by atoms with E-state index in [9.17, 15) is 4.79 Å². The molecule has 0 aromatic rings. The second kappa shape index (κ2) is 7.80. The van der Waals surface area contributed by atoms with Crippen LogP contribution in [0.2, 0.25) is 0 Å². The molecule has 0 bridgehead atoms. The van der Waals surface area contributed by atoms with E-state index in [1.165, 1.54) is 0 Å². The number of amides is 1. The van der Waals surface area contributed by atoms with Crippen LogP contribution in [-0.2, 0) is 9.53 Å². The Labute approximate surface area is 87.2 Å². The fourth-order valence-electron chi connectivity index (χ4n) is 1.24. The van der Waals surface area contributed by atoms with Gasteiger partial charge < -0.3 is 10.1 Å². The summed E-state index contributed by atoms with van der Waals surface area (Å²) in [5.41, 5.74) is 0. The molecular weight excluding hydrogens is 178 g/mol. The summed E-state index contributed by atoms with van der Waals surface area (Å²) in [6.07, 6.45) is 1.45. The first-order valence-corrected chi connectivity index (χ1v) is 5.48. The van der Waals surface area contributed by atoms with Gasteiger partial charge >= 0.3 is 0 Å². The summed E-state index contributed by atoms with van der Waals surface area (Å²) in [6, 6.07) is 0.244. The van der Waals surface area contributed by atoms with Gasteiger partial charge in [0.05, 0.1) is 0 Å². The van der Waals surface area contributed by atoms with Crippen molar-refractivity contribution in [1.82, 2.24) is 5.32 Å². The van der Waals surface area contributed by atoms with E-state index in [4.69, 9.17) is 4.74 Å². The first-order valence-electron chi connectivity index (χ1n) is 5.48. The van der Waals surface area contributed by atoms with E-state index in [0.717, 1.165) is 19.6 Å². The van der Waals surface area contributed by atoms with Crippen LogP contribution in [0, 0.1) is 5.92 Å². The van der Waals surface area contributed by atoms with E-state index in [1.54, 1.807) is 0 Å². The Morgan fingerprint density at radius 2 is 2.00 bits per heavy atom. The van der Waals surface area contributed by atoms with Crippen LogP contribution in [0.3, 0.4) is 0 Å². The minimum atomic E-state index is 0.125. The third kappa shape index (κ3) is 5.97. The Morgan fingerprint density at radius 3 is 2.43 bits per heavy atom. The third-order valence-electron chi connectivity index (χ3n) is 2.25. The largest absolute Gasteiger partial charge is 0.382 e. The van der Waals surface area contributed by atoms with Crippen LogP contribution in [0.4, 0.5) is 0 Å². The van der Waals surface area contributed by atoms with E-state index in [2.05, 4.69) is 19.2 Å². The maximum Gasteiger partial charge on any atom is 0.219 e. The summed E-state index contributed by atoms with van der Waals surface area (Å²) in [5.74, 6) is 0.589. The minimum absolute atomic E-state index is 0.125. The van der Waals surface area contributed by atoms with E-state index >= 15 is 0 Å². The first-order chi connectivity index (χ1) is 6.61. The van der Waals surface area contributed by atoms with Gasteiger partial charge in [-0.2, -0.15) is 0 Å². The lowest BCUT2D eigenvalue weighted by molar-refractivity contribution is -0.121. The zero-order chi connectivity index (χ0) is 11.0. The zero-order valence-electron chi connectivity index (χ0n) is 9.80. The highest BCUT2D eigenvalue weighted by Crippen LogP contribution is 2.06. The van der Waals surface area contributed by atoms with Gasteiger partial charge in [0.1, 0.15) is 0 Å². The number of rotatable bonds is 7. The molecule has 0 spiro atoms. The van der Waals surface area contributed by atoms with Gasteiger partial charge in [-0.3, -0.25) is 4.79 Å². The number of hydrogen-bond acceptors (Lipinski definition) is 2. The molecule has 0 rings (SSSR count). The molecule has 0 fully saturated rings. The highest BCUT2D eigenvalue weighted by Gasteiger charge is 2.14. The molecule has 0 aliphatic rings. The van der Waals surface area contributed by atoms with Gasteiger partial charge in [-0.1, -0.05) is 20.8 Å². The van der Waals surface area contributed by atoms with Crippen LogP contribution in [0.15, 0.2) is 0 Å². The summed E-state index contributed by atoms with van der Waals surface area (Å²) in [7, 11) is 0. The molecule has 1 amide bonds. The van der Waals surface area contributed by atoms with Gasteiger partial charge in [-0.15, -0.1) is 0 Å². The average Bonchev–Trinajstić information content (AvgIpc) is 2.16. The molecule has 0 aromatic carbocycles.